The lowest BCUT2D eigenvalue weighted by Crippen LogP contribution is -2.01. The fraction of sp³-hybridized carbons (Fsp3) is 0.442. The van der Waals surface area contributed by atoms with E-state index in [9.17, 15) is 8.78 Å². The van der Waals surface area contributed by atoms with E-state index in [-0.39, 0.29) is 11.3 Å². The molecule has 0 radical (unpaired) electrons. The smallest absolute Gasteiger partial charge is 0.201 e. The van der Waals surface area contributed by atoms with E-state index in [2.05, 4.69) is 50.2 Å². The van der Waals surface area contributed by atoms with Gasteiger partial charge in [-0.05, 0) is 64.9 Å². The maximum absolute atomic E-state index is 15.0. The average molecular weight is 641 g/mol. The van der Waals surface area contributed by atoms with Gasteiger partial charge in [0.2, 0.25) is 5.82 Å². The maximum atomic E-state index is 15.0. The molecule has 252 valence electrons. The highest BCUT2D eigenvalue weighted by Gasteiger charge is 2.16. The molecule has 0 fully saturated rings. The molecular weight excluding hydrogens is 586 g/mol. The van der Waals surface area contributed by atoms with Gasteiger partial charge in [0.1, 0.15) is 5.75 Å². The fourth-order valence-electron chi connectivity index (χ4n) is 5.97. The molecule has 0 saturated carbocycles. The van der Waals surface area contributed by atoms with Crippen LogP contribution in [0.15, 0.2) is 84.9 Å². The molecule has 4 heteroatoms. The Kier molecular flexibility index (Phi) is 15.8. The van der Waals surface area contributed by atoms with Crippen LogP contribution in [-0.2, 0) is 0 Å². The first-order valence-corrected chi connectivity index (χ1v) is 18.2. The van der Waals surface area contributed by atoms with Crippen molar-refractivity contribution in [1.29, 1.82) is 0 Å². The van der Waals surface area contributed by atoms with Gasteiger partial charge in [-0.25, -0.2) is 4.39 Å². The summed E-state index contributed by atoms with van der Waals surface area (Å²) in [7, 11) is 0. The van der Waals surface area contributed by atoms with E-state index < -0.39 is 11.6 Å². The summed E-state index contributed by atoms with van der Waals surface area (Å²) in [5.41, 5.74) is 5.21. The minimum absolute atomic E-state index is 0.0232. The van der Waals surface area contributed by atoms with Crippen LogP contribution in [0.4, 0.5) is 8.78 Å². The predicted molar refractivity (Wildman–Crippen MR) is 194 cm³/mol. The van der Waals surface area contributed by atoms with Crippen molar-refractivity contribution in [3.8, 4) is 44.9 Å². The number of hydrogen-bond donors (Lipinski definition) is 0. The van der Waals surface area contributed by atoms with Crippen molar-refractivity contribution in [2.75, 3.05) is 13.2 Å². The van der Waals surface area contributed by atoms with Crippen LogP contribution >= 0.6 is 0 Å². The topological polar surface area (TPSA) is 18.5 Å². The summed E-state index contributed by atoms with van der Waals surface area (Å²) < 4.78 is 41.3. The number of hydrogen-bond acceptors (Lipinski definition) is 2. The monoisotopic (exact) mass is 640 g/mol. The van der Waals surface area contributed by atoms with Crippen LogP contribution in [-0.4, -0.2) is 13.2 Å². The van der Waals surface area contributed by atoms with Crippen LogP contribution in [0.3, 0.4) is 0 Å². The molecule has 47 heavy (non-hydrogen) atoms. The van der Waals surface area contributed by atoms with E-state index >= 15 is 0 Å². The molecule has 0 unspecified atom stereocenters. The lowest BCUT2D eigenvalue weighted by Gasteiger charge is -2.11. The van der Waals surface area contributed by atoms with Crippen molar-refractivity contribution >= 4 is 0 Å². The van der Waals surface area contributed by atoms with Crippen molar-refractivity contribution in [3.63, 3.8) is 0 Å². The van der Waals surface area contributed by atoms with Crippen molar-refractivity contribution < 1.29 is 18.3 Å². The number of halogens is 2. The van der Waals surface area contributed by atoms with Gasteiger partial charge in [0.05, 0.1) is 13.2 Å². The average Bonchev–Trinajstić information content (AvgIpc) is 3.11. The van der Waals surface area contributed by atoms with E-state index in [0.29, 0.717) is 12.2 Å². The number of unbranched alkanes of at least 4 members (excludes halogenated alkanes) is 13. The highest BCUT2D eigenvalue weighted by Crippen LogP contribution is 2.32. The molecule has 0 aliphatic heterocycles. The Hall–Kier alpha value is -3.66. The molecule has 0 atom stereocenters. The molecular formula is C43H54F2O2. The van der Waals surface area contributed by atoms with Gasteiger partial charge >= 0.3 is 0 Å². The van der Waals surface area contributed by atoms with E-state index in [1.54, 1.807) is 6.07 Å². The summed E-state index contributed by atoms with van der Waals surface area (Å²) in [6.45, 7) is 5.59. The molecule has 4 aromatic carbocycles. The highest BCUT2D eigenvalue weighted by molar-refractivity contribution is 5.74. The summed E-state index contributed by atoms with van der Waals surface area (Å²) >= 11 is 0. The fourth-order valence-corrected chi connectivity index (χ4v) is 5.97. The zero-order chi connectivity index (χ0) is 33.1. The quantitative estimate of drug-likeness (QED) is 0.0796. The number of ether oxygens (including phenoxy) is 2. The zero-order valence-corrected chi connectivity index (χ0v) is 28.7. The lowest BCUT2D eigenvalue weighted by atomic mass is 9.98. The van der Waals surface area contributed by atoms with Gasteiger partial charge in [-0.3, -0.25) is 0 Å². The van der Waals surface area contributed by atoms with Crippen LogP contribution in [0.5, 0.6) is 11.5 Å². The van der Waals surface area contributed by atoms with Gasteiger partial charge < -0.3 is 9.47 Å². The van der Waals surface area contributed by atoms with Crippen molar-refractivity contribution in [2.24, 2.45) is 0 Å². The Morgan fingerprint density at radius 2 is 0.766 bits per heavy atom. The van der Waals surface area contributed by atoms with Crippen LogP contribution in [0.25, 0.3) is 33.4 Å². The molecule has 0 aliphatic rings. The zero-order valence-electron chi connectivity index (χ0n) is 28.7. The van der Waals surface area contributed by atoms with Crippen LogP contribution in [0.1, 0.15) is 110 Å². The van der Waals surface area contributed by atoms with Gasteiger partial charge in [-0.15, -0.1) is 0 Å². The summed E-state index contributed by atoms with van der Waals surface area (Å²) in [6.07, 6.45) is 18.6. The Balaban J connectivity index is 1.22. The molecule has 0 aromatic heterocycles. The summed E-state index contributed by atoms with van der Waals surface area (Å²) in [5.74, 6) is -0.909. The van der Waals surface area contributed by atoms with Gasteiger partial charge in [0.15, 0.2) is 11.6 Å². The first-order chi connectivity index (χ1) is 23.1. The van der Waals surface area contributed by atoms with Crippen molar-refractivity contribution in [1.82, 2.24) is 0 Å². The Morgan fingerprint density at radius 3 is 1.23 bits per heavy atom. The van der Waals surface area contributed by atoms with Gasteiger partial charge in [-0.1, -0.05) is 158 Å². The second-order valence-corrected chi connectivity index (χ2v) is 12.7. The van der Waals surface area contributed by atoms with Gasteiger partial charge in [0.25, 0.3) is 0 Å². The molecule has 0 heterocycles. The molecule has 2 nitrogen and oxygen atoms in total. The summed E-state index contributed by atoms with van der Waals surface area (Å²) in [5, 5.41) is 0. The van der Waals surface area contributed by atoms with E-state index in [4.69, 9.17) is 9.47 Å². The minimum Gasteiger partial charge on any atom is -0.494 e. The molecule has 4 rings (SSSR count). The largest absolute Gasteiger partial charge is 0.494 e. The maximum Gasteiger partial charge on any atom is 0.201 e. The summed E-state index contributed by atoms with van der Waals surface area (Å²) in [4.78, 5) is 0. The third-order valence-corrected chi connectivity index (χ3v) is 8.92. The molecule has 4 aromatic rings. The van der Waals surface area contributed by atoms with Crippen LogP contribution in [0, 0.1) is 11.6 Å². The van der Waals surface area contributed by atoms with Gasteiger partial charge in [-0.2, -0.15) is 4.39 Å². The second-order valence-electron chi connectivity index (χ2n) is 12.7. The first-order valence-electron chi connectivity index (χ1n) is 18.2. The molecule has 0 bridgehead atoms. The van der Waals surface area contributed by atoms with E-state index in [1.165, 1.54) is 76.7 Å². The molecule has 0 aliphatic carbocycles. The third-order valence-electron chi connectivity index (χ3n) is 8.92. The van der Waals surface area contributed by atoms with Crippen LogP contribution in [0.2, 0.25) is 0 Å². The Morgan fingerprint density at radius 1 is 0.383 bits per heavy atom. The Bertz CT molecular complexity index is 1430. The molecule has 0 saturated heterocycles. The highest BCUT2D eigenvalue weighted by atomic mass is 19.2. The molecule has 0 spiro atoms. The van der Waals surface area contributed by atoms with E-state index in [1.807, 2.05) is 36.4 Å². The Labute approximate surface area is 282 Å². The van der Waals surface area contributed by atoms with Gasteiger partial charge in [0, 0.05) is 5.56 Å². The normalized spacial score (nSPS) is 11.1. The van der Waals surface area contributed by atoms with E-state index in [0.717, 1.165) is 60.3 Å². The third kappa shape index (κ3) is 11.8. The number of rotatable bonds is 22. The number of benzene rings is 4. The first kappa shape index (κ1) is 36.2. The SMILES string of the molecule is CCCCCCCCCCCCOc1ccc(-c2ccc(-c3ccc(-c4ccc(OCCCCCCC)c(F)c4F)cc3)cc2)cc1. The summed E-state index contributed by atoms with van der Waals surface area (Å²) in [6, 6.07) is 27.4. The lowest BCUT2D eigenvalue weighted by molar-refractivity contribution is 0.285. The van der Waals surface area contributed by atoms with Crippen LogP contribution < -0.4 is 9.47 Å². The molecule has 0 amide bonds. The molecule has 0 N–H and O–H groups in total. The van der Waals surface area contributed by atoms with Crippen molar-refractivity contribution in [3.05, 3.63) is 96.6 Å². The standard InChI is InChI=1S/C43H54F2O2/c1-3-5-7-9-10-11-12-13-15-16-32-46-39-28-26-37(27-29-39)35-20-18-34(19-21-35)36-22-24-38(25-23-36)40-30-31-41(43(45)42(40)44)47-33-17-14-8-6-4-2/h18-31H,3-17,32-33H2,1-2H3. The minimum atomic E-state index is -0.926. The second kappa shape index (κ2) is 20.5. The van der Waals surface area contributed by atoms with Crippen molar-refractivity contribution in [2.45, 2.75) is 110 Å². The predicted octanol–water partition coefficient (Wildman–Crippen LogP) is 13.6.